The lowest BCUT2D eigenvalue weighted by Crippen LogP contribution is -2.00. The normalized spacial score (nSPS) is 11.3. The van der Waals surface area contributed by atoms with Gasteiger partial charge in [-0.1, -0.05) is 156 Å². The Bertz CT molecular complexity index is 2330. The molecule has 54 heavy (non-hydrogen) atoms. The van der Waals surface area contributed by atoms with Crippen molar-refractivity contribution < 1.29 is 0 Å². The van der Waals surface area contributed by atoms with Crippen molar-refractivity contribution in [3.63, 3.8) is 0 Å². The third-order valence-electron chi connectivity index (χ3n) is 9.18. The van der Waals surface area contributed by atoms with Crippen LogP contribution in [0, 0.1) is 27.7 Å². The SMILES string of the molecule is Cc1cccc(-c2nc(-c3ccc(/C=C/c4ccc(-c5nc(-c6cccc(C)c6)nc(-c6cccc(C)c6)n5)cc4)cc3)nc(-c3cccc(C)c3)n2)c1. The summed E-state index contributed by atoms with van der Waals surface area (Å²) in [6, 6.07) is 49.7. The first-order valence-corrected chi connectivity index (χ1v) is 18.0. The maximum Gasteiger partial charge on any atom is 0.164 e. The molecule has 6 aromatic carbocycles. The van der Waals surface area contributed by atoms with Crippen molar-refractivity contribution in [3.8, 4) is 68.3 Å². The van der Waals surface area contributed by atoms with Gasteiger partial charge in [0.25, 0.3) is 0 Å². The van der Waals surface area contributed by atoms with Gasteiger partial charge >= 0.3 is 0 Å². The molecule has 260 valence electrons. The van der Waals surface area contributed by atoms with Crippen LogP contribution in [0.4, 0.5) is 0 Å². The second-order valence-electron chi connectivity index (χ2n) is 13.7. The fourth-order valence-corrected chi connectivity index (χ4v) is 6.34. The minimum Gasteiger partial charge on any atom is -0.208 e. The molecule has 6 nitrogen and oxygen atoms in total. The molecule has 0 saturated heterocycles. The second-order valence-corrected chi connectivity index (χ2v) is 13.7. The average molecular weight is 699 g/mol. The summed E-state index contributed by atoms with van der Waals surface area (Å²) in [4.78, 5) is 29.4. The molecule has 6 heteroatoms. The van der Waals surface area contributed by atoms with Crippen molar-refractivity contribution in [2.45, 2.75) is 27.7 Å². The van der Waals surface area contributed by atoms with Gasteiger partial charge in [0, 0.05) is 33.4 Å². The van der Waals surface area contributed by atoms with Crippen LogP contribution in [0.5, 0.6) is 0 Å². The number of aryl methyl sites for hydroxylation is 4. The predicted molar refractivity (Wildman–Crippen MR) is 220 cm³/mol. The number of aromatic nitrogens is 6. The maximum atomic E-state index is 4.92. The molecule has 0 saturated carbocycles. The van der Waals surface area contributed by atoms with Crippen LogP contribution in [0.15, 0.2) is 146 Å². The molecule has 8 rings (SSSR count). The minimum atomic E-state index is 0.638. The first-order chi connectivity index (χ1) is 26.3. The molecule has 0 aliphatic heterocycles. The van der Waals surface area contributed by atoms with E-state index in [0.29, 0.717) is 34.9 Å². The van der Waals surface area contributed by atoms with Crippen LogP contribution in [0.2, 0.25) is 0 Å². The van der Waals surface area contributed by atoms with Crippen molar-refractivity contribution in [2.24, 2.45) is 0 Å². The summed E-state index contributed by atoms with van der Waals surface area (Å²) < 4.78 is 0. The van der Waals surface area contributed by atoms with E-state index in [2.05, 4.69) is 137 Å². The summed E-state index contributed by atoms with van der Waals surface area (Å²) in [6.45, 7) is 8.31. The molecule has 0 amide bonds. The first kappa shape index (κ1) is 34.2. The zero-order chi connectivity index (χ0) is 37.0. The van der Waals surface area contributed by atoms with E-state index in [-0.39, 0.29) is 0 Å². The molecule has 0 bridgehead atoms. The highest BCUT2D eigenvalue weighted by atomic mass is 15.0. The van der Waals surface area contributed by atoms with Gasteiger partial charge in [-0.3, -0.25) is 0 Å². The zero-order valence-electron chi connectivity index (χ0n) is 30.7. The van der Waals surface area contributed by atoms with Crippen molar-refractivity contribution >= 4 is 12.2 Å². The van der Waals surface area contributed by atoms with Crippen molar-refractivity contribution in [1.82, 2.24) is 29.9 Å². The minimum absolute atomic E-state index is 0.638. The van der Waals surface area contributed by atoms with Crippen LogP contribution < -0.4 is 0 Å². The number of hydrogen-bond acceptors (Lipinski definition) is 6. The van der Waals surface area contributed by atoms with E-state index in [9.17, 15) is 0 Å². The molecule has 0 aliphatic carbocycles. The quantitative estimate of drug-likeness (QED) is 0.147. The van der Waals surface area contributed by atoms with Gasteiger partial charge in [0.15, 0.2) is 34.9 Å². The highest BCUT2D eigenvalue weighted by Crippen LogP contribution is 2.28. The Balaban J connectivity index is 1.06. The van der Waals surface area contributed by atoms with E-state index in [0.717, 1.165) is 66.8 Å². The topological polar surface area (TPSA) is 77.3 Å². The van der Waals surface area contributed by atoms with E-state index in [1.165, 1.54) is 0 Å². The molecule has 2 heterocycles. The van der Waals surface area contributed by atoms with Crippen LogP contribution in [-0.2, 0) is 0 Å². The summed E-state index contributed by atoms with van der Waals surface area (Å²) in [5.74, 6) is 3.90. The Hall–Kier alpha value is -6.92. The Kier molecular flexibility index (Phi) is 9.48. The maximum absolute atomic E-state index is 4.92. The summed E-state index contributed by atoms with van der Waals surface area (Å²) in [7, 11) is 0. The highest BCUT2D eigenvalue weighted by Gasteiger charge is 2.14. The lowest BCUT2D eigenvalue weighted by Gasteiger charge is -2.09. The van der Waals surface area contributed by atoms with E-state index in [1.54, 1.807) is 0 Å². The largest absolute Gasteiger partial charge is 0.208 e. The second kappa shape index (κ2) is 15.0. The summed E-state index contributed by atoms with van der Waals surface area (Å²) in [5.41, 5.74) is 12.5. The fourth-order valence-electron chi connectivity index (χ4n) is 6.34. The summed E-state index contributed by atoms with van der Waals surface area (Å²) >= 11 is 0. The molecule has 0 spiro atoms. The average Bonchev–Trinajstić information content (AvgIpc) is 3.20. The molecule has 0 aliphatic rings. The lowest BCUT2D eigenvalue weighted by molar-refractivity contribution is 1.07. The lowest BCUT2D eigenvalue weighted by atomic mass is 10.1. The van der Waals surface area contributed by atoms with Crippen LogP contribution >= 0.6 is 0 Å². The number of nitrogens with zero attached hydrogens (tertiary/aromatic N) is 6. The number of hydrogen-bond donors (Lipinski definition) is 0. The van der Waals surface area contributed by atoms with Gasteiger partial charge in [-0.2, -0.15) is 0 Å². The van der Waals surface area contributed by atoms with E-state index in [4.69, 9.17) is 29.9 Å². The van der Waals surface area contributed by atoms with Crippen molar-refractivity contribution in [3.05, 3.63) is 179 Å². The molecular formula is C48H38N6. The molecule has 0 radical (unpaired) electrons. The van der Waals surface area contributed by atoms with E-state index in [1.807, 2.05) is 48.5 Å². The highest BCUT2D eigenvalue weighted by molar-refractivity contribution is 5.74. The molecule has 0 atom stereocenters. The molecule has 2 aromatic heterocycles. The van der Waals surface area contributed by atoms with Gasteiger partial charge in [-0.25, -0.2) is 29.9 Å². The molecule has 0 unspecified atom stereocenters. The van der Waals surface area contributed by atoms with Crippen LogP contribution in [0.3, 0.4) is 0 Å². The summed E-state index contributed by atoms with van der Waals surface area (Å²) in [5, 5.41) is 0. The summed E-state index contributed by atoms with van der Waals surface area (Å²) in [6.07, 6.45) is 4.22. The van der Waals surface area contributed by atoms with Crippen LogP contribution in [0.25, 0.3) is 80.5 Å². The number of rotatable bonds is 8. The molecule has 0 N–H and O–H groups in total. The van der Waals surface area contributed by atoms with Crippen LogP contribution in [0.1, 0.15) is 33.4 Å². The third-order valence-corrected chi connectivity index (χ3v) is 9.18. The third kappa shape index (κ3) is 7.78. The molecule has 0 fully saturated rings. The Morgan fingerprint density at radius 3 is 0.759 bits per heavy atom. The monoisotopic (exact) mass is 698 g/mol. The van der Waals surface area contributed by atoms with Gasteiger partial charge in [0.2, 0.25) is 0 Å². The molecule has 8 aromatic rings. The first-order valence-electron chi connectivity index (χ1n) is 18.0. The smallest absolute Gasteiger partial charge is 0.164 e. The Labute approximate surface area is 316 Å². The molecular weight excluding hydrogens is 661 g/mol. The standard InChI is InChI=1S/C48H38N6/c1-31-9-5-13-39(27-31)45-49-43(50-46(53-45)40-14-6-10-32(2)28-40)37-23-19-35(20-24-37)17-18-36-21-25-38(26-22-36)44-51-47(41-15-7-11-33(3)29-41)54-48(52-44)42-16-8-12-34(4)30-42/h5-30H,1-4H3/b18-17+. The van der Waals surface area contributed by atoms with E-state index < -0.39 is 0 Å². The number of benzene rings is 6. The van der Waals surface area contributed by atoms with Crippen molar-refractivity contribution in [1.29, 1.82) is 0 Å². The van der Waals surface area contributed by atoms with Gasteiger partial charge in [0.05, 0.1) is 0 Å². The zero-order valence-corrected chi connectivity index (χ0v) is 30.7. The van der Waals surface area contributed by atoms with Gasteiger partial charge in [0.1, 0.15) is 0 Å². The van der Waals surface area contributed by atoms with E-state index >= 15 is 0 Å². The van der Waals surface area contributed by atoms with Gasteiger partial charge in [-0.05, 0) is 63.1 Å². The Morgan fingerprint density at radius 1 is 0.278 bits per heavy atom. The Morgan fingerprint density at radius 2 is 0.519 bits per heavy atom. The van der Waals surface area contributed by atoms with Crippen molar-refractivity contribution in [2.75, 3.05) is 0 Å². The van der Waals surface area contributed by atoms with Gasteiger partial charge < -0.3 is 0 Å². The fraction of sp³-hybridized carbons (Fsp3) is 0.0833. The van der Waals surface area contributed by atoms with Gasteiger partial charge in [-0.15, -0.1) is 0 Å². The predicted octanol–water partition coefficient (Wildman–Crippen LogP) is 11.5. The van der Waals surface area contributed by atoms with Crippen LogP contribution in [-0.4, -0.2) is 29.9 Å².